The predicted molar refractivity (Wildman–Crippen MR) is 130 cm³/mol. The summed E-state index contributed by atoms with van der Waals surface area (Å²) in [6.07, 6.45) is 5.08. The van der Waals surface area contributed by atoms with Crippen LogP contribution in [0.15, 0.2) is 24.3 Å². The van der Waals surface area contributed by atoms with E-state index < -0.39 is 17.7 Å². The summed E-state index contributed by atoms with van der Waals surface area (Å²) in [5, 5.41) is 3.08. The highest BCUT2D eigenvalue weighted by Crippen LogP contribution is 2.36. The van der Waals surface area contributed by atoms with Crippen LogP contribution in [0, 0.1) is 0 Å². The molecular weight excluding hydrogens is 446 g/mol. The third-order valence-corrected chi connectivity index (χ3v) is 8.58. The number of carbonyl (C=O) groups is 3. The van der Waals surface area contributed by atoms with Gasteiger partial charge in [0.1, 0.15) is 24.3 Å². The molecule has 9 nitrogen and oxygen atoms in total. The van der Waals surface area contributed by atoms with Crippen molar-refractivity contribution in [3.05, 3.63) is 29.8 Å². The normalized spacial score (nSPS) is 30.5. The molecule has 1 aromatic carbocycles. The maximum atomic E-state index is 13.7. The average Bonchev–Trinajstić information content (AvgIpc) is 3.36. The Morgan fingerprint density at radius 1 is 1.03 bits per heavy atom. The summed E-state index contributed by atoms with van der Waals surface area (Å²) in [7, 11) is 0. The van der Waals surface area contributed by atoms with Gasteiger partial charge in [-0.1, -0.05) is 12.8 Å². The minimum atomic E-state index is -0.994. The molecule has 2 saturated carbocycles. The van der Waals surface area contributed by atoms with Crippen LogP contribution in [0.3, 0.4) is 0 Å². The molecule has 5 fully saturated rings. The molecule has 9 heteroatoms. The number of benzene rings is 1. The van der Waals surface area contributed by atoms with Crippen LogP contribution in [0.2, 0.25) is 0 Å². The van der Waals surface area contributed by atoms with E-state index in [0.717, 1.165) is 50.7 Å². The van der Waals surface area contributed by atoms with Crippen molar-refractivity contribution >= 4 is 23.3 Å². The van der Waals surface area contributed by atoms with Crippen molar-refractivity contribution < 1.29 is 19.1 Å². The Balaban J connectivity index is 1.13. The minimum Gasteiger partial charge on any atom is -0.369 e. The number of nitrogens with one attached hydrogen (secondary N) is 1. The fraction of sp³-hybridized carbons (Fsp3) is 0.654. The van der Waals surface area contributed by atoms with Crippen molar-refractivity contribution in [3.8, 4) is 0 Å². The Labute approximate surface area is 205 Å². The van der Waals surface area contributed by atoms with Gasteiger partial charge in [0.2, 0.25) is 5.91 Å². The SMILES string of the molecule is N[C@@H]1CN(C(=O)C2(NC(=O)c3ccc(N4CCN(C5CC5)CC4)cc3)CCCC2)[C@@H]2C(=O)CO[C@H]12. The van der Waals surface area contributed by atoms with Crippen molar-refractivity contribution in [2.75, 3.05) is 44.2 Å². The molecular formula is C26H35N5O4. The summed E-state index contributed by atoms with van der Waals surface area (Å²) in [4.78, 5) is 46.0. The third-order valence-electron chi connectivity index (χ3n) is 8.58. The van der Waals surface area contributed by atoms with E-state index in [4.69, 9.17) is 10.5 Å². The number of fused-ring (bicyclic) bond motifs is 1. The van der Waals surface area contributed by atoms with Crippen LogP contribution in [-0.4, -0.2) is 96.5 Å². The summed E-state index contributed by atoms with van der Waals surface area (Å²) in [5.74, 6) is -0.556. The maximum absolute atomic E-state index is 13.7. The zero-order chi connectivity index (χ0) is 24.2. The number of nitrogens with two attached hydrogens (primary N) is 1. The number of carbonyl (C=O) groups excluding carboxylic acids is 3. The van der Waals surface area contributed by atoms with Crippen LogP contribution in [0.4, 0.5) is 5.69 Å². The largest absolute Gasteiger partial charge is 0.369 e. The molecule has 3 heterocycles. The number of Topliss-reactive ketones (excluding diaryl/α,β-unsaturated/α-hetero) is 1. The number of hydrogen-bond donors (Lipinski definition) is 2. The van der Waals surface area contributed by atoms with E-state index in [2.05, 4.69) is 15.1 Å². The van der Waals surface area contributed by atoms with Crippen LogP contribution >= 0.6 is 0 Å². The second-order valence-electron chi connectivity index (χ2n) is 10.9. The zero-order valence-corrected chi connectivity index (χ0v) is 20.2. The van der Waals surface area contributed by atoms with E-state index in [1.807, 2.05) is 24.3 Å². The predicted octanol–water partition coefficient (Wildman–Crippen LogP) is 0.520. The number of nitrogens with zero attached hydrogens (tertiary/aromatic N) is 3. The standard InChI is InChI=1S/C26H35N5O4/c27-20-15-31(22-21(32)16-35-23(20)22)25(34)26(9-1-2-10-26)28-24(33)17-3-5-18(6-4-17)29-11-13-30(14-12-29)19-7-8-19/h3-6,19-20,22-23H,1-2,7-16,27H2,(H,28,33)/t20-,22-,23-/m1/s1. The molecule has 2 aliphatic carbocycles. The van der Waals surface area contributed by atoms with Crippen molar-refractivity contribution in [2.24, 2.45) is 5.73 Å². The second kappa shape index (κ2) is 8.87. The van der Waals surface area contributed by atoms with E-state index in [-0.39, 0.29) is 36.8 Å². The number of rotatable bonds is 5. The molecule has 0 spiro atoms. The zero-order valence-electron chi connectivity index (χ0n) is 20.2. The molecule has 3 aliphatic heterocycles. The van der Waals surface area contributed by atoms with Crippen molar-refractivity contribution in [3.63, 3.8) is 0 Å². The van der Waals surface area contributed by atoms with Gasteiger partial charge in [0.25, 0.3) is 5.91 Å². The molecule has 1 aromatic rings. The van der Waals surface area contributed by atoms with E-state index in [1.54, 1.807) is 4.90 Å². The Hall–Kier alpha value is -2.49. The summed E-state index contributed by atoms with van der Waals surface area (Å²) in [5.41, 5.74) is 6.85. The Kier molecular flexibility index (Phi) is 5.81. The molecule has 0 unspecified atom stereocenters. The molecule has 35 heavy (non-hydrogen) atoms. The summed E-state index contributed by atoms with van der Waals surface area (Å²) < 4.78 is 5.55. The Bertz CT molecular complexity index is 995. The number of ketones is 1. The molecule has 3 N–H and O–H groups in total. The van der Waals surface area contributed by atoms with E-state index >= 15 is 0 Å². The van der Waals surface area contributed by atoms with Gasteiger partial charge in [0.05, 0.1) is 6.04 Å². The molecule has 3 atom stereocenters. The molecule has 5 aliphatic rings. The Morgan fingerprint density at radius 3 is 2.37 bits per heavy atom. The smallest absolute Gasteiger partial charge is 0.252 e. The van der Waals surface area contributed by atoms with Gasteiger partial charge in [-0.2, -0.15) is 0 Å². The van der Waals surface area contributed by atoms with Crippen LogP contribution in [-0.2, 0) is 14.3 Å². The number of amides is 2. The van der Waals surface area contributed by atoms with Gasteiger partial charge in [-0.15, -0.1) is 0 Å². The first-order valence-electron chi connectivity index (χ1n) is 13.1. The van der Waals surface area contributed by atoms with Crippen molar-refractivity contribution in [1.29, 1.82) is 0 Å². The summed E-state index contributed by atoms with van der Waals surface area (Å²) in [6.45, 7) is 4.46. The van der Waals surface area contributed by atoms with Gasteiger partial charge in [-0.25, -0.2) is 0 Å². The molecule has 188 valence electrons. The Morgan fingerprint density at radius 2 is 1.71 bits per heavy atom. The first-order chi connectivity index (χ1) is 16.9. The molecule has 0 aromatic heterocycles. The lowest BCUT2D eigenvalue weighted by Crippen LogP contribution is -2.60. The van der Waals surface area contributed by atoms with Gasteiger partial charge in [0, 0.05) is 50.0 Å². The lowest BCUT2D eigenvalue weighted by atomic mass is 9.93. The van der Waals surface area contributed by atoms with Crippen LogP contribution in [0.5, 0.6) is 0 Å². The lowest BCUT2D eigenvalue weighted by molar-refractivity contribution is -0.142. The lowest BCUT2D eigenvalue weighted by Gasteiger charge is -2.36. The highest BCUT2D eigenvalue weighted by atomic mass is 16.5. The second-order valence-corrected chi connectivity index (χ2v) is 10.9. The number of ether oxygens (including phenoxy) is 1. The number of piperazine rings is 1. The first-order valence-corrected chi connectivity index (χ1v) is 13.1. The molecule has 0 radical (unpaired) electrons. The fourth-order valence-electron chi connectivity index (χ4n) is 6.44. The average molecular weight is 482 g/mol. The summed E-state index contributed by atoms with van der Waals surface area (Å²) in [6, 6.07) is 7.49. The van der Waals surface area contributed by atoms with Gasteiger partial charge >= 0.3 is 0 Å². The highest BCUT2D eigenvalue weighted by molar-refractivity contribution is 6.01. The quantitative estimate of drug-likeness (QED) is 0.631. The van der Waals surface area contributed by atoms with Gasteiger partial charge < -0.3 is 25.6 Å². The fourth-order valence-corrected chi connectivity index (χ4v) is 6.44. The topological polar surface area (TPSA) is 108 Å². The van der Waals surface area contributed by atoms with Crippen LogP contribution in [0.1, 0.15) is 48.9 Å². The maximum Gasteiger partial charge on any atom is 0.252 e. The van der Waals surface area contributed by atoms with Gasteiger partial charge in [0.15, 0.2) is 5.78 Å². The molecule has 2 amide bonds. The highest BCUT2D eigenvalue weighted by Gasteiger charge is 2.55. The molecule has 6 rings (SSSR count). The minimum absolute atomic E-state index is 0.00580. The monoisotopic (exact) mass is 481 g/mol. The van der Waals surface area contributed by atoms with Crippen LogP contribution < -0.4 is 16.0 Å². The van der Waals surface area contributed by atoms with Crippen LogP contribution in [0.25, 0.3) is 0 Å². The van der Waals surface area contributed by atoms with Crippen molar-refractivity contribution in [2.45, 2.75) is 68.3 Å². The first kappa shape index (κ1) is 22.9. The van der Waals surface area contributed by atoms with E-state index in [0.29, 0.717) is 18.4 Å². The number of anilines is 1. The van der Waals surface area contributed by atoms with Crippen molar-refractivity contribution in [1.82, 2.24) is 15.1 Å². The van der Waals surface area contributed by atoms with Gasteiger partial charge in [-0.3, -0.25) is 19.3 Å². The number of hydrogen-bond acceptors (Lipinski definition) is 7. The van der Waals surface area contributed by atoms with Gasteiger partial charge in [-0.05, 0) is 49.9 Å². The third kappa shape index (κ3) is 4.13. The molecule has 3 saturated heterocycles. The summed E-state index contributed by atoms with van der Waals surface area (Å²) >= 11 is 0. The van der Waals surface area contributed by atoms with E-state index in [1.165, 1.54) is 12.8 Å². The number of likely N-dealkylation sites (tertiary alicyclic amines) is 1. The molecule has 0 bridgehead atoms. The van der Waals surface area contributed by atoms with E-state index in [9.17, 15) is 14.4 Å².